The maximum Gasteiger partial charge on any atom is 0.316 e. The van der Waals surface area contributed by atoms with Crippen molar-refractivity contribution in [3.63, 3.8) is 0 Å². The minimum Gasteiger partial charge on any atom is -0.493 e. The minimum absolute atomic E-state index is 0.226. The third-order valence-electron chi connectivity index (χ3n) is 5.07. The maximum atomic E-state index is 13.0. The first kappa shape index (κ1) is 26.6. The Labute approximate surface area is 209 Å². The SMILES string of the molecule is CS(=O)(=O)Oc1ccc(OCCc2ccc(C[C@H](SCCc3ccc(F)cc3)C(=O)O)cc2)cc1. The average Bonchev–Trinajstić information content (AvgIpc) is 2.81. The molecule has 3 aromatic rings. The number of benzene rings is 3. The number of halogens is 1. The molecule has 3 rings (SSSR count). The molecule has 3 aromatic carbocycles. The van der Waals surface area contributed by atoms with Crippen molar-refractivity contribution >= 4 is 27.8 Å². The van der Waals surface area contributed by atoms with Gasteiger partial charge in [0, 0.05) is 6.42 Å². The molecule has 0 aliphatic carbocycles. The number of hydrogen-bond donors (Lipinski definition) is 1. The van der Waals surface area contributed by atoms with Crippen molar-refractivity contribution in [3.05, 3.63) is 95.3 Å². The summed E-state index contributed by atoms with van der Waals surface area (Å²) in [6, 6.07) is 20.4. The van der Waals surface area contributed by atoms with Gasteiger partial charge in [0.1, 0.15) is 22.6 Å². The molecule has 0 spiro atoms. The maximum absolute atomic E-state index is 13.0. The van der Waals surface area contributed by atoms with Crippen molar-refractivity contribution in [1.29, 1.82) is 0 Å². The largest absolute Gasteiger partial charge is 0.493 e. The second kappa shape index (κ2) is 12.6. The molecule has 1 atom stereocenters. The molecule has 9 heteroatoms. The highest BCUT2D eigenvalue weighted by molar-refractivity contribution is 8.00. The average molecular weight is 519 g/mol. The van der Waals surface area contributed by atoms with Crippen LogP contribution >= 0.6 is 11.8 Å². The van der Waals surface area contributed by atoms with E-state index < -0.39 is 21.3 Å². The number of carboxylic acid groups (broad SMARTS) is 1. The molecule has 0 bridgehead atoms. The molecule has 0 amide bonds. The number of carbonyl (C=O) groups is 1. The summed E-state index contributed by atoms with van der Waals surface area (Å²) in [4.78, 5) is 11.7. The van der Waals surface area contributed by atoms with Crippen LogP contribution in [0.15, 0.2) is 72.8 Å². The monoisotopic (exact) mass is 518 g/mol. The molecule has 0 unspecified atom stereocenters. The van der Waals surface area contributed by atoms with Gasteiger partial charge in [0.05, 0.1) is 12.9 Å². The van der Waals surface area contributed by atoms with Gasteiger partial charge in [-0.25, -0.2) is 4.39 Å². The zero-order valence-corrected chi connectivity index (χ0v) is 20.9. The predicted octanol–water partition coefficient (Wildman–Crippen LogP) is 4.76. The standard InChI is InChI=1S/C26H27FO6S2/c1-35(30,31)33-24-12-10-23(11-13-24)32-16-14-19-2-4-21(5-3-19)18-25(26(28)29)34-17-15-20-6-8-22(27)9-7-20/h2-13,25H,14-18H2,1H3,(H,28,29)/t25-/m0/s1. The molecule has 0 aliphatic heterocycles. The predicted molar refractivity (Wildman–Crippen MR) is 135 cm³/mol. The number of aliphatic carboxylic acids is 1. The Morgan fingerprint density at radius 1 is 0.886 bits per heavy atom. The molecule has 0 radical (unpaired) electrons. The lowest BCUT2D eigenvalue weighted by atomic mass is 10.1. The molecule has 35 heavy (non-hydrogen) atoms. The number of ether oxygens (including phenoxy) is 1. The van der Waals surface area contributed by atoms with E-state index in [0.29, 0.717) is 37.4 Å². The van der Waals surface area contributed by atoms with Gasteiger partial charge in [-0.3, -0.25) is 4.79 Å². The van der Waals surface area contributed by atoms with Gasteiger partial charge in [-0.05, 0) is 71.7 Å². The Hall–Kier alpha value is -3.04. The Balaban J connectivity index is 1.43. The van der Waals surface area contributed by atoms with Crippen molar-refractivity contribution in [2.45, 2.75) is 24.5 Å². The summed E-state index contributed by atoms with van der Waals surface area (Å²) in [6.45, 7) is 0.433. The van der Waals surface area contributed by atoms with Crippen LogP contribution in [-0.4, -0.2) is 43.4 Å². The van der Waals surface area contributed by atoms with E-state index in [1.807, 2.05) is 24.3 Å². The Kier molecular flexibility index (Phi) is 9.56. The van der Waals surface area contributed by atoms with Crippen molar-refractivity contribution in [2.75, 3.05) is 18.6 Å². The molecule has 1 N–H and O–H groups in total. The van der Waals surface area contributed by atoms with Crippen molar-refractivity contribution in [1.82, 2.24) is 0 Å². The van der Waals surface area contributed by atoms with Crippen LogP contribution in [0, 0.1) is 5.82 Å². The number of aryl methyl sites for hydroxylation is 1. The lowest BCUT2D eigenvalue weighted by molar-refractivity contribution is -0.136. The van der Waals surface area contributed by atoms with Crippen LogP contribution in [0.25, 0.3) is 0 Å². The van der Waals surface area contributed by atoms with E-state index >= 15 is 0 Å². The van der Waals surface area contributed by atoms with Crippen LogP contribution in [0.2, 0.25) is 0 Å². The van der Waals surface area contributed by atoms with Crippen LogP contribution in [0.1, 0.15) is 16.7 Å². The summed E-state index contributed by atoms with van der Waals surface area (Å²) in [7, 11) is -3.56. The summed E-state index contributed by atoms with van der Waals surface area (Å²) in [5.74, 6) is 0.336. The molecule has 186 valence electrons. The van der Waals surface area contributed by atoms with E-state index in [9.17, 15) is 22.7 Å². The van der Waals surface area contributed by atoms with Gasteiger partial charge in [0.2, 0.25) is 0 Å². The third kappa shape index (κ3) is 9.62. The van der Waals surface area contributed by atoms with Gasteiger partial charge in [-0.15, -0.1) is 11.8 Å². The molecule has 0 aromatic heterocycles. The molecule has 6 nitrogen and oxygen atoms in total. The van der Waals surface area contributed by atoms with Crippen LogP contribution in [0.5, 0.6) is 11.5 Å². The Bertz CT molecular complexity index is 1190. The highest BCUT2D eigenvalue weighted by atomic mass is 32.2. The molecule has 0 saturated heterocycles. The van der Waals surface area contributed by atoms with Gasteiger partial charge in [-0.1, -0.05) is 36.4 Å². The first-order chi connectivity index (χ1) is 16.7. The topological polar surface area (TPSA) is 89.9 Å². The summed E-state index contributed by atoms with van der Waals surface area (Å²) >= 11 is 1.39. The number of rotatable bonds is 13. The molecule has 0 fully saturated rings. The van der Waals surface area contributed by atoms with E-state index in [-0.39, 0.29) is 11.6 Å². The fourth-order valence-electron chi connectivity index (χ4n) is 3.30. The number of thioether (sulfide) groups is 1. The highest BCUT2D eigenvalue weighted by Crippen LogP contribution is 2.21. The second-order valence-corrected chi connectivity index (χ2v) is 10.8. The zero-order valence-electron chi connectivity index (χ0n) is 19.2. The lowest BCUT2D eigenvalue weighted by Gasteiger charge is -2.13. The molecule has 0 heterocycles. The normalized spacial score (nSPS) is 12.2. The fourth-order valence-corrected chi connectivity index (χ4v) is 4.85. The van der Waals surface area contributed by atoms with Gasteiger partial charge in [0.15, 0.2) is 0 Å². The van der Waals surface area contributed by atoms with Crippen molar-refractivity contribution in [3.8, 4) is 11.5 Å². The summed E-state index contributed by atoms with van der Waals surface area (Å²) in [5.41, 5.74) is 2.98. The van der Waals surface area contributed by atoms with Crippen LogP contribution in [0.4, 0.5) is 4.39 Å². The molecular weight excluding hydrogens is 491 g/mol. The van der Waals surface area contributed by atoms with E-state index in [0.717, 1.165) is 22.9 Å². The molecule has 0 aliphatic rings. The summed E-state index contributed by atoms with van der Waals surface area (Å²) in [5, 5.41) is 9.04. The zero-order chi connectivity index (χ0) is 25.3. The summed E-state index contributed by atoms with van der Waals surface area (Å²) in [6.07, 6.45) is 2.75. The highest BCUT2D eigenvalue weighted by Gasteiger charge is 2.18. The molecular formula is C26H27FO6S2. The van der Waals surface area contributed by atoms with Crippen molar-refractivity contribution in [2.24, 2.45) is 0 Å². The smallest absolute Gasteiger partial charge is 0.316 e. The fraction of sp³-hybridized carbons (Fsp3) is 0.269. The van der Waals surface area contributed by atoms with Gasteiger partial charge in [-0.2, -0.15) is 8.42 Å². The van der Waals surface area contributed by atoms with Gasteiger partial charge in [0.25, 0.3) is 0 Å². The number of hydrogen-bond acceptors (Lipinski definition) is 6. The van der Waals surface area contributed by atoms with E-state index in [1.165, 1.54) is 36.0 Å². The second-order valence-electron chi connectivity index (χ2n) is 7.95. The van der Waals surface area contributed by atoms with Crippen LogP contribution < -0.4 is 8.92 Å². The Morgan fingerprint density at radius 2 is 1.43 bits per heavy atom. The van der Waals surface area contributed by atoms with E-state index in [2.05, 4.69) is 0 Å². The first-order valence-electron chi connectivity index (χ1n) is 11.0. The van der Waals surface area contributed by atoms with Crippen LogP contribution in [-0.2, 0) is 34.2 Å². The minimum atomic E-state index is -3.56. The summed E-state index contributed by atoms with van der Waals surface area (Å²) < 4.78 is 45.8. The van der Waals surface area contributed by atoms with Crippen molar-refractivity contribution < 1.29 is 31.6 Å². The van der Waals surface area contributed by atoms with E-state index in [1.54, 1.807) is 24.3 Å². The van der Waals surface area contributed by atoms with Gasteiger partial charge >= 0.3 is 16.1 Å². The van der Waals surface area contributed by atoms with E-state index in [4.69, 9.17) is 8.92 Å². The lowest BCUT2D eigenvalue weighted by Crippen LogP contribution is -2.20. The third-order valence-corrected chi connectivity index (χ3v) is 6.78. The van der Waals surface area contributed by atoms with Gasteiger partial charge < -0.3 is 14.0 Å². The Morgan fingerprint density at radius 3 is 2.03 bits per heavy atom. The first-order valence-corrected chi connectivity index (χ1v) is 13.8. The quantitative estimate of drug-likeness (QED) is 0.326. The van der Waals surface area contributed by atoms with Crippen LogP contribution in [0.3, 0.4) is 0 Å². The molecule has 0 saturated carbocycles. The number of carboxylic acids is 1.